The molecule has 0 aromatic carbocycles. The zero-order chi connectivity index (χ0) is 3.41. The molecule has 0 aliphatic heterocycles. The fraction of sp³-hybridized carbons (Fsp3) is 0.500. The van der Waals surface area contributed by atoms with Crippen LogP contribution in [0.2, 0.25) is 0 Å². The highest BCUT2D eigenvalue weighted by Gasteiger charge is 1.43. The molecule has 40 valence electrons. The Morgan fingerprint density at radius 3 is 1.83 bits per heavy atom. The van der Waals surface area contributed by atoms with E-state index in [-0.39, 0.29) is 19.8 Å². The van der Waals surface area contributed by atoms with Crippen molar-refractivity contribution in [1.82, 2.24) is 0 Å². The van der Waals surface area contributed by atoms with Crippen LogP contribution in [0.15, 0.2) is 12.7 Å². The Morgan fingerprint density at radius 1 is 1.67 bits per heavy atom. The first-order valence-corrected chi connectivity index (χ1v) is 1.22. The highest BCUT2D eigenvalue weighted by molar-refractivity contribution is 5.85. The average molecular weight is 110 g/mol. The van der Waals surface area contributed by atoms with Gasteiger partial charge in [-0.15, -0.1) is 19.0 Å². The minimum Gasteiger partial charge on any atom is -0.327 e. The van der Waals surface area contributed by atoms with Gasteiger partial charge in [0, 0.05) is 6.54 Å². The van der Waals surface area contributed by atoms with Gasteiger partial charge in [0.15, 0.2) is 0 Å². The summed E-state index contributed by atoms with van der Waals surface area (Å²) >= 11 is 0. The highest BCUT2D eigenvalue weighted by Crippen LogP contribution is 1.40. The van der Waals surface area contributed by atoms with Crippen molar-refractivity contribution in [2.24, 2.45) is 5.73 Å². The predicted octanol–water partition coefficient (Wildman–Crippen LogP) is 1.19. The van der Waals surface area contributed by atoms with E-state index in [0.29, 0.717) is 6.54 Å². The monoisotopic (exact) mass is 109 g/mol. The van der Waals surface area contributed by atoms with E-state index < -0.39 is 0 Å². The van der Waals surface area contributed by atoms with Gasteiger partial charge in [0.1, 0.15) is 0 Å². The fourth-order valence-electron chi connectivity index (χ4n) is 0. The normalized spacial score (nSPS) is 4.17. The Balaban J connectivity index is -0.0000000450. The summed E-state index contributed by atoms with van der Waals surface area (Å²) in [6, 6.07) is 0. The van der Waals surface area contributed by atoms with Gasteiger partial charge in [0.25, 0.3) is 0 Å². The van der Waals surface area contributed by atoms with E-state index in [9.17, 15) is 0 Å². The summed E-state index contributed by atoms with van der Waals surface area (Å²) in [4.78, 5) is 0. The maximum atomic E-state index is 4.91. The molecule has 2 N–H and O–H groups in total. The summed E-state index contributed by atoms with van der Waals surface area (Å²) < 4.78 is 0. The lowest BCUT2D eigenvalue weighted by atomic mass is 10.7. The lowest BCUT2D eigenvalue weighted by Crippen LogP contribution is -1.90. The Hall–Kier alpha value is -0.0100. The zero-order valence-electron chi connectivity index (χ0n) is 2.98. The van der Waals surface area contributed by atoms with Crippen LogP contribution < -0.4 is 5.73 Å². The van der Waals surface area contributed by atoms with Gasteiger partial charge in [-0.1, -0.05) is 13.5 Å². The highest BCUT2D eigenvalue weighted by atomic mass is 35.5. The summed E-state index contributed by atoms with van der Waals surface area (Å²) in [6.07, 6.45) is 1.65. The third-order valence-electron chi connectivity index (χ3n) is 0.167. The van der Waals surface area contributed by atoms with Crippen LogP contribution >= 0.6 is 12.4 Å². The number of hydrogen-bond donors (Lipinski definition) is 1. The Morgan fingerprint density at radius 2 is 1.83 bits per heavy atom. The molecule has 0 fully saturated rings. The summed E-state index contributed by atoms with van der Waals surface area (Å²) in [5.74, 6) is 0. The smallest absolute Gasteiger partial charge is 0.0104 e. The molecule has 0 atom stereocenters. The summed E-state index contributed by atoms with van der Waals surface area (Å²) in [5.41, 5.74) is 4.91. The van der Waals surface area contributed by atoms with Crippen LogP contribution in [0.25, 0.3) is 0 Å². The first-order valence-electron chi connectivity index (χ1n) is 1.22. The molecule has 0 rings (SSSR count). The maximum absolute atomic E-state index is 4.91. The van der Waals surface area contributed by atoms with Gasteiger partial charge in [-0.3, -0.25) is 0 Å². The van der Waals surface area contributed by atoms with Crippen LogP contribution in [0, 0.1) is 0 Å². The molecule has 0 radical (unpaired) electrons. The van der Waals surface area contributed by atoms with Crippen molar-refractivity contribution in [3.05, 3.63) is 12.7 Å². The Bertz CT molecular complexity index is 21.5. The van der Waals surface area contributed by atoms with Gasteiger partial charge in [0.2, 0.25) is 0 Å². The van der Waals surface area contributed by atoms with Crippen molar-refractivity contribution in [2.45, 2.75) is 7.43 Å². The van der Waals surface area contributed by atoms with E-state index in [2.05, 4.69) is 6.58 Å². The summed E-state index contributed by atoms with van der Waals surface area (Å²) in [5, 5.41) is 0. The van der Waals surface area contributed by atoms with Crippen LogP contribution in [0.3, 0.4) is 0 Å². The second-order valence-corrected chi connectivity index (χ2v) is 0.524. The number of hydrogen-bond acceptors (Lipinski definition) is 1. The second-order valence-electron chi connectivity index (χ2n) is 0.524. The molecule has 0 aromatic heterocycles. The molecule has 1 nitrogen and oxygen atoms in total. The van der Waals surface area contributed by atoms with Crippen LogP contribution in [0.5, 0.6) is 0 Å². The van der Waals surface area contributed by atoms with E-state index in [4.69, 9.17) is 5.73 Å². The van der Waals surface area contributed by atoms with Crippen molar-refractivity contribution in [2.75, 3.05) is 6.54 Å². The maximum Gasteiger partial charge on any atom is 0.0104 e. The van der Waals surface area contributed by atoms with E-state index >= 15 is 0 Å². The van der Waals surface area contributed by atoms with Gasteiger partial charge in [-0.2, -0.15) is 0 Å². The predicted molar refractivity (Wildman–Crippen MR) is 33.2 cm³/mol. The van der Waals surface area contributed by atoms with E-state index in [1.165, 1.54) is 0 Å². The van der Waals surface area contributed by atoms with Crippen molar-refractivity contribution < 1.29 is 0 Å². The Kier molecular flexibility index (Phi) is 55.8. The molecule has 0 aliphatic rings. The number of nitrogens with two attached hydrogens (primary N) is 1. The van der Waals surface area contributed by atoms with Crippen LogP contribution in [-0.2, 0) is 0 Å². The topological polar surface area (TPSA) is 26.0 Å². The average Bonchev–Trinajstić information content (AvgIpc) is 1.37. The summed E-state index contributed by atoms with van der Waals surface area (Å²) in [6.45, 7) is 3.94. The first-order chi connectivity index (χ1) is 1.91. The van der Waals surface area contributed by atoms with Crippen LogP contribution in [-0.4, -0.2) is 6.54 Å². The third kappa shape index (κ3) is 36.4. The minimum atomic E-state index is 0. The summed E-state index contributed by atoms with van der Waals surface area (Å²) in [7, 11) is 0. The molecule has 0 spiro atoms. The standard InChI is InChI=1S/C3H7N.CH4.ClH/c1-2-3-4;;/h2H,1,3-4H2;1H4;1H. The largest absolute Gasteiger partial charge is 0.327 e. The Labute approximate surface area is 45.6 Å². The molecule has 0 amide bonds. The lowest BCUT2D eigenvalue weighted by Gasteiger charge is -1.61. The van der Waals surface area contributed by atoms with Gasteiger partial charge < -0.3 is 5.73 Å². The molecule has 0 unspecified atom stereocenters. The fourth-order valence-corrected chi connectivity index (χ4v) is 0. The van der Waals surface area contributed by atoms with E-state index in [0.717, 1.165) is 0 Å². The molecule has 2 heteroatoms. The van der Waals surface area contributed by atoms with Crippen molar-refractivity contribution in [3.63, 3.8) is 0 Å². The zero-order valence-corrected chi connectivity index (χ0v) is 3.79. The minimum absolute atomic E-state index is 0. The number of rotatable bonds is 1. The van der Waals surface area contributed by atoms with Gasteiger partial charge >= 0.3 is 0 Å². The lowest BCUT2D eigenvalue weighted by molar-refractivity contribution is 1.26. The van der Waals surface area contributed by atoms with Gasteiger partial charge in [0.05, 0.1) is 0 Å². The molecule has 0 saturated carbocycles. The SMILES string of the molecule is C.C=CCN.Cl. The molecule has 0 aliphatic carbocycles. The van der Waals surface area contributed by atoms with E-state index in [1.807, 2.05) is 0 Å². The van der Waals surface area contributed by atoms with E-state index in [1.54, 1.807) is 6.08 Å². The second kappa shape index (κ2) is 20.1. The molecular weight excluding hydrogens is 97.5 g/mol. The quantitative estimate of drug-likeness (QED) is 0.503. The van der Waals surface area contributed by atoms with Crippen molar-refractivity contribution in [1.29, 1.82) is 0 Å². The molecule has 6 heavy (non-hydrogen) atoms. The molecule has 0 aromatic rings. The molecular formula is C4H12ClN. The molecule has 0 heterocycles. The van der Waals surface area contributed by atoms with Gasteiger partial charge in [-0.05, 0) is 0 Å². The van der Waals surface area contributed by atoms with Crippen LogP contribution in [0.4, 0.5) is 0 Å². The number of halogens is 1. The van der Waals surface area contributed by atoms with Gasteiger partial charge in [-0.25, -0.2) is 0 Å². The van der Waals surface area contributed by atoms with Crippen molar-refractivity contribution >= 4 is 12.4 Å². The van der Waals surface area contributed by atoms with Crippen molar-refractivity contribution in [3.8, 4) is 0 Å². The molecule has 0 bridgehead atoms. The first kappa shape index (κ1) is 16.7. The third-order valence-corrected chi connectivity index (χ3v) is 0.167. The molecule has 0 saturated heterocycles. The van der Waals surface area contributed by atoms with Crippen LogP contribution in [0.1, 0.15) is 7.43 Å².